The number of carbonyl (C=O) groups is 1. The molecule has 0 atom stereocenters. The van der Waals surface area contributed by atoms with Crippen molar-refractivity contribution in [3.8, 4) is 16.9 Å². The van der Waals surface area contributed by atoms with Crippen LogP contribution in [0.3, 0.4) is 0 Å². The van der Waals surface area contributed by atoms with Crippen molar-refractivity contribution in [3.05, 3.63) is 54.2 Å². The zero-order valence-corrected chi connectivity index (χ0v) is 11.8. The van der Waals surface area contributed by atoms with Gasteiger partial charge in [0.2, 0.25) is 0 Å². The Bertz CT molecular complexity index is 787. The number of hydrogen-bond acceptors (Lipinski definition) is 3. The van der Waals surface area contributed by atoms with Crippen LogP contribution in [-0.2, 0) is 4.74 Å². The SMILES string of the molecule is COC(=O)c1cc2c(-c3ccc(OC)cc3)cccc2[nH]1. The molecule has 0 fully saturated rings. The van der Waals surface area contributed by atoms with E-state index in [2.05, 4.69) is 4.98 Å². The lowest BCUT2D eigenvalue weighted by Crippen LogP contribution is -2.00. The second-order valence-electron chi connectivity index (χ2n) is 4.67. The van der Waals surface area contributed by atoms with Gasteiger partial charge in [0.05, 0.1) is 14.2 Å². The predicted octanol–water partition coefficient (Wildman–Crippen LogP) is 3.63. The summed E-state index contributed by atoms with van der Waals surface area (Å²) < 4.78 is 9.93. The van der Waals surface area contributed by atoms with Crippen LogP contribution in [-0.4, -0.2) is 25.2 Å². The number of methoxy groups -OCH3 is 2. The van der Waals surface area contributed by atoms with Crippen molar-refractivity contribution in [1.29, 1.82) is 0 Å². The lowest BCUT2D eigenvalue weighted by molar-refractivity contribution is 0.0595. The number of fused-ring (bicyclic) bond motifs is 1. The Morgan fingerprint density at radius 3 is 2.48 bits per heavy atom. The maximum absolute atomic E-state index is 11.6. The van der Waals surface area contributed by atoms with Gasteiger partial charge < -0.3 is 14.5 Å². The summed E-state index contributed by atoms with van der Waals surface area (Å²) in [5, 5.41) is 0.989. The first kappa shape index (κ1) is 13.2. The third-order valence-corrected chi connectivity index (χ3v) is 3.47. The van der Waals surface area contributed by atoms with E-state index in [1.54, 1.807) is 7.11 Å². The van der Waals surface area contributed by atoms with Gasteiger partial charge in [-0.3, -0.25) is 0 Å². The highest BCUT2D eigenvalue weighted by atomic mass is 16.5. The highest BCUT2D eigenvalue weighted by molar-refractivity contribution is 6.01. The number of benzene rings is 2. The molecule has 106 valence electrons. The molecule has 4 heteroatoms. The quantitative estimate of drug-likeness (QED) is 0.746. The van der Waals surface area contributed by atoms with Crippen LogP contribution >= 0.6 is 0 Å². The third kappa shape index (κ3) is 2.36. The maximum Gasteiger partial charge on any atom is 0.354 e. The highest BCUT2D eigenvalue weighted by Crippen LogP contribution is 2.30. The van der Waals surface area contributed by atoms with E-state index in [-0.39, 0.29) is 5.97 Å². The minimum atomic E-state index is -0.369. The average Bonchev–Trinajstić information content (AvgIpc) is 2.98. The van der Waals surface area contributed by atoms with Crippen LogP contribution in [0, 0.1) is 0 Å². The van der Waals surface area contributed by atoms with E-state index in [9.17, 15) is 4.79 Å². The maximum atomic E-state index is 11.6. The smallest absolute Gasteiger partial charge is 0.354 e. The third-order valence-electron chi connectivity index (χ3n) is 3.47. The molecule has 0 saturated carbocycles. The molecule has 3 aromatic rings. The van der Waals surface area contributed by atoms with Crippen LogP contribution < -0.4 is 4.74 Å². The first-order valence-electron chi connectivity index (χ1n) is 6.57. The zero-order chi connectivity index (χ0) is 14.8. The molecule has 4 nitrogen and oxygen atoms in total. The molecule has 1 heterocycles. The second-order valence-corrected chi connectivity index (χ2v) is 4.67. The Hall–Kier alpha value is -2.75. The molecule has 0 aliphatic heterocycles. The summed E-state index contributed by atoms with van der Waals surface area (Å²) in [4.78, 5) is 14.7. The predicted molar refractivity (Wildman–Crippen MR) is 81.6 cm³/mol. The van der Waals surface area contributed by atoms with Crippen molar-refractivity contribution in [1.82, 2.24) is 4.98 Å². The molecule has 0 aliphatic carbocycles. The fourth-order valence-electron chi connectivity index (χ4n) is 2.40. The van der Waals surface area contributed by atoms with Gasteiger partial charge in [-0.25, -0.2) is 4.79 Å². The monoisotopic (exact) mass is 281 g/mol. The fourth-order valence-corrected chi connectivity index (χ4v) is 2.40. The molecule has 0 unspecified atom stereocenters. The van der Waals surface area contributed by atoms with Crippen molar-refractivity contribution in [3.63, 3.8) is 0 Å². The van der Waals surface area contributed by atoms with Gasteiger partial charge in [0.1, 0.15) is 11.4 Å². The summed E-state index contributed by atoms with van der Waals surface area (Å²) in [6.07, 6.45) is 0. The van der Waals surface area contributed by atoms with Crippen molar-refractivity contribution in [2.45, 2.75) is 0 Å². The van der Waals surface area contributed by atoms with E-state index < -0.39 is 0 Å². The number of H-pyrrole nitrogens is 1. The summed E-state index contributed by atoms with van der Waals surface area (Å²) in [6, 6.07) is 15.6. The number of esters is 1. The van der Waals surface area contributed by atoms with Gasteiger partial charge in [-0.05, 0) is 35.4 Å². The van der Waals surface area contributed by atoms with Gasteiger partial charge in [-0.2, -0.15) is 0 Å². The Labute approximate surface area is 122 Å². The van der Waals surface area contributed by atoms with Crippen LogP contribution in [0.1, 0.15) is 10.5 Å². The summed E-state index contributed by atoms with van der Waals surface area (Å²) >= 11 is 0. The molecule has 0 saturated heterocycles. The second kappa shape index (κ2) is 5.32. The van der Waals surface area contributed by atoms with E-state index in [4.69, 9.17) is 9.47 Å². The number of rotatable bonds is 3. The van der Waals surface area contributed by atoms with Crippen LogP contribution in [0.4, 0.5) is 0 Å². The number of carbonyl (C=O) groups excluding carboxylic acids is 1. The van der Waals surface area contributed by atoms with Gasteiger partial charge in [0.15, 0.2) is 0 Å². The van der Waals surface area contributed by atoms with Gasteiger partial charge >= 0.3 is 5.97 Å². The normalized spacial score (nSPS) is 10.6. The number of aromatic nitrogens is 1. The molecule has 2 aromatic carbocycles. The van der Waals surface area contributed by atoms with Gasteiger partial charge in [0, 0.05) is 10.9 Å². The highest BCUT2D eigenvalue weighted by Gasteiger charge is 2.12. The zero-order valence-electron chi connectivity index (χ0n) is 11.8. The molecular weight excluding hydrogens is 266 g/mol. The van der Waals surface area contributed by atoms with Crippen LogP contribution in [0.2, 0.25) is 0 Å². The number of aromatic amines is 1. The van der Waals surface area contributed by atoms with Crippen molar-refractivity contribution < 1.29 is 14.3 Å². The summed E-state index contributed by atoms with van der Waals surface area (Å²) in [5.74, 6) is 0.446. The Morgan fingerprint density at radius 1 is 1.05 bits per heavy atom. The first-order chi connectivity index (χ1) is 10.2. The molecule has 0 spiro atoms. The molecule has 1 N–H and O–H groups in total. The molecular formula is C17H15NO3. The summed E-state index contributed by atoms with van der Waals surface area (Å²) in [7, 11) is 3.02. The van der Waals surface area contributed by atoms with E-state index in [0.29, 0.717) is 5.69 Å². The van der Waals surface area contributed by atoms with Gasteiger partial charge in [0.25, 0.3) is 0 Å². The van der Waals surface area contributed by atoms with Crippen molar-refractivity contribution >= 4 is 16.9 Å². The lowest BCUT2D eigenvalue weighted by atomic mass is 10.0. The Morgan fingerprint density at radius 2 is 1.81 bits per heavy atom. The van der Waals surface area contributed by atoms with Crippen molar-refractivity contribution in [2.75, 3.05) is 14.2 Å². The lowest BCUT2D eigenvalue weighted by Gasteiger charge is -2.05. The molecule has 0 bridgehead atoms. The number of ether oxygens (including phenoxy) is 2. The molecule has 1 aromatic heterocycles. The summed E-state index contributed by atoms with van der Waals surface area (Å²) in [6.45, 7) is 0. The number of nitrogens with one attached hydrogen (secondary N) is 1. The summed E-state index contributed by atoms with van der Waals surface area (Å²) in [5.41, 5.74) is 3.48. The largest absolute Gasteiger partial charge is 0.497 e. The van der Waals surface area contributed by atoms with Crippen LogP contribution in [0.25, 0.3) is 22.0 Å². The Balaban J connectivity index is 2.13. The first-order valence-corrected chi connectivity index (χ1v) is 6.57. The van der Waals surface area contributed by atoms with E-state index in [1.807, 2.05) is 48.5 Å². The van der Waals surface area contributed by atoms with E-state index in [1.165, 1.54) is 7.11 Å². The number of hydrogen-bond donors (Lipinski definition) is 1. The minimum Gasteiger partial charge on any atom is -0.497 e. The van der Waals surface area contributed by atoms with Gasteiger partial charge in [-0.1, -0.05) is 24.3 Å². The average molecular weight is 281 g/mol. The van der Waals surface area contributed by atoms with E-state index in [0.717, 1.165) is 27.8 Å². The van der Waals surface area contributed by atoms with E-state index >= 15 is 0 Å². The molecule has 0 aliphatic rings. The molecule has 0 radical (unpaired) electrons. The topological polar surface area (TPSA) is 51.3 Å². The Kier molecular flexibility index (Phi) is 3.36. The minimum absolute atomic E-state index is 0.369. The molecule has 0 amide bonds. The van der Waals surface area contributed by atoms with Crippen molar-refractivity contribution in [2.24, 2.45) is 0 Å². The fraction of sp³-hybridized carbons (Fsp3) is 0.118. The standard InChI is InChI=1S/C17H15NO3/c1-20-12-8-6-11(7-9-12)13-4-3-5-15-14(13)10-16(18-15)17(19)21-2/h3-10,18H,1-2H3. The van der Waals surface area contributed by atoms with Gasteiger partial charge in [-0.15, -0.1) is 0 Å². The molecule has 3 rings (SSSR count). The van der Waals surface area contributed by atoms with Crippen LogP contribution in [0.15, 0.2) is 48.5 Å². The van der Waals surface area contributed by atoms with Crippen LogP contribution in [0.5, 0.6) is 5.75 Å². The molecule has 21 heavy (non-hydrogen) atoms.